The first-order valence-corrected chi connectivity index (χ1v) is 15.0. The van der Waals surface area contributed by atoms with Crippen molar-refractivity contribution in [2.45, 2.75) is 70.8 Å². The number of benzene rings is 1. The van der Waals surface area contributed by atoms with E-state index in [-0.39, 0.29) is 12.2 Å². The Balaban J connectivity index is 0.000000164. The van der Waals surface area contributed by atoms with Gasteiger partial charge in [0.15, 0.2) is 5.82 Å². The number of hydrogen-bond acceptors (Lipinski definition) is 7. The van der Waals surface area contributed by atoms with Crippen molar-refractivity contribution in [1.82, 2.24) is 15.1 Å². The van der Waals surface area contributed by atoms with Crippen LogP contribution in [0.2, 0.25) is 10.0 Å². The summed E-state index contributed by atoms with van der Waals surface area (Å²) in [6, 6.07) is 2.60. The normalized spacial score (nSPS) is 20.8. The molecule has 0 aliphatic heterocycles. The van der Waals surface area contributed by atoms with Gasteiger partial charge in [-0.2, -0.15) is 0 Å². The summed E-state index contributed by atoms with van der Waals surface area (Å²) in [5, 5.41) is 24.3. The third-order valence-electron chi connectivity index (χ3n) is 7.89. The molecule has 2 fully saturated rings. The van der Waals surface area contributed by atoms with Gasteiger partial charge in [-0.15, -0.1) is 11.3 Å². The van der Waals surface area contributed by atoms with E-state index in [0.717, 1.165) is 36.1 Å². The summed E-state index contributed by atoms with van der Waals surface area (Å²) >= 11 is 13.6. The van der Waals surface area contributed by atoms with E-state index in [9.17, 15) is 14.3 Å². The van der Waals surface area contributed by atoms with Crippen molar-refractivity contribution in [3.63, 3.8) is 0 Å². The Morgan fingerprint density at radius 1 is 1.18 bits per heavy atom. The lowest BCUT2D eigenvalue weighted by Crippen LogP contribution is -2.24. The Kier molecular flexibility index (Phi) is 8.75. The average molecular weight is 607 g/mol. The molecule has 6 rings (SSSR count). The first-order chi connectivity index (χ1) is 19.2. The van der Waals surface area contributed by atoms with Crippen molar-refractivity contribution in [2.24, 2.45) is 11.8 Å². The number of aliphatic hydroxyl groups is 1. The number of aliphatic hydroxyl groups excluding tert-OH is 1. The number of carbonyl (C=O) groups is 1. The lowest BCUT2D eigenvalue weighted by molar-refractivity contribution is 0.0696. The summed E-state index contributed by atoms with van der Waals surface area (Å²) in [5.74, 6) is 0.975. The number of halogens is 3. The Morgan fingerprint density at radius 2 is 1.90 bits per heavy atom. The van der Waals surface area contributed by atoms with Gasteiger partial charge in [-0.1, -0.05) is 61.5 Å². The Bertz CT molecular complexity index is 1520. The Hall–Kier alpha value is -2.59. The van der Waals surface area contributed by atoms with Gasteiger partial charge in [0.05, 0.1) is 31.9 Å². The van der Waals surface area contributed by atoms with Crippen molar-refractivity contribution in [3.8, 4) is 11.3 Å². The van der Waals surface area contributed by atoms with E-state index in [0.29, 0.717) is 60.8 Å². The molecule has 2 aliphatic rings. The number of pyridine rings is 1. The highest BCUT2D eigenvalue weighted by Gasteiger charge is 2.34. The summed E-state index contributed by atoms with van der Waals surface area (Å²) in [7, 11) is 0. The van der Waals surface area contributed by atoms with Crippen LogP contribution < -0.4 is 0 Å². The number of carboxylic acid groups (broad SMARTS) is 1. The summed E-state index contributed by atoms with van der Waals surface area (Å²) in [4.78, 5) is 19.5. The predicted molar refractivity (Wildman–Crippen MR) is 154 cm³/mol. The monoisotopic (exact) mass is 605 g/mol. The van der Waals surface area contributed by atoms with Gasteiger partial charge in [-0.05, 0) is 43.2 Å². The highest BCUT2D eigenvalue weighted by molar-refractivity contribution is 7.18. The fraction of sp³-hybridized carbons (Fsp3) is 0.448. The number of aromatic nitrogens is 3. The zero-order chi connectivity index (χ0) is 28.6. The second kappa shape index (κ2) is 12.1. The first kappa shape index (κ1) is 28.9. The van der Waals surface area contributed by atoms with Crippen LogP contribution in [-0.4, -0.2) is 31.3 Å². The number of aromatic carboxylic acids is 1. The summed E-state index contributed by atoms with van der Waals surface area (Å²) in [5.41, 5.74) is 2.05. The molecule has 2 aliphatic carbocycles. The second-order valence-electron chi connectivity index (χ2n) is 10.5. The molecule has 0 spiro atoms. The lowest BCUT2D eigenvalue weighted by atomic mass is 9.72. The van der Waals surface area contributed by atoms with Crippen LogP contribution >= 0.6 is 34.5 Å². The van der Waals surface area contributed by atoms with E-state index in [2.05, 4.69) is 29.0 Å². The molecule has 3 heterocycles. The minimum Gasteiger partial charge on any atom is -0.478 e. The number of carboxylic acids is 1. The standard InChI is InChI=1S/C17H20FNO2S.C12H10Cl2N2O2/c1-3-10-6-4-5-9(2)14(10)16-19-15-12(18)7-11(17(20)21)8-13(15)22-16;13-8-3-15-4-9(14)10(8)11-7(5-17)12(18-16-11)6-1-2-6/h7-10,14H,3-6H2,1-2H3,(H,20,21);3-4,6,17H,1-2,5H2. The topological polar surface area (TPSA) is 109 Å². The van der Waals surface area contributed by atoms with Gasteiger partial charge in [0.2, 0.25) is 0 Å². The zero-order valence-electron chi connectivity index (χ0n) is 22.2. The maximum atomic E-state index is 14.1. The third kappa shape index (κ3) is 5.75. The highest BCUT2D eigenvalue weighted by Crippen LogP contribution is 2.47. The van der Waals surface area contributed by atoms with Crippen LogP contribution in [0.3, 0.4) is 0 Å². The molecule has 40 heavy (non-hydrogen) atoms. The second-order valence-corrected chi connectivity index (χ2v) is 12.4. The van der Waals surface area contributed by atoms with Gasteiger partial charge in [0.25, 0.3) is 0 Å². The van der Waals surface area contributed by atoms with E-state index < -0.39 is 11.8 Å². The highest BCUT2D eigenvalue weighted by atomic mass is 35.5. The third-order valence-corrected chi connectivity index (χ3v) is 9.57. The maximum Gasteiger partial charge on any atom is 0.335 e. The molecule has 7 nitrogen and oxygen atoms in total. The van der Waals surface area contributed by atoms with Gasteiger partial charge in [0, 0.05) is 35.4 Å². The fourth-order valence-electron chi connectivity index (χ4n) is 5.68. The number of thiazole rings is 1. The number of nitrogens with zero attached hydrogens (tertiary/aromatic N) is 3. The van der Waals surface area contributed by atoms with Crippen LogP contribution in [0.5, 0.6) is 0 Å². The molecule has 2 N–H and O–H groups in total. The molecule has 212 valence electrons. The molecule has 3 atom stereocenters. The van der Waals surface area contributed by atoms with Crippen molar-refractivity contribution >= 4 is 50.7 Å². The summed E-state index contributed by atoms with van der Waals surface area (Å²) in [6.07, 6.45) is 9.86. The summed E-state index contributed by atoms with van der Waals surface area (Å²) in [6.45, 7) is 4.31. The largest absolute Gasteiger partial charge is 0.478 e. The van der Waals surface area contributed by atoms with Crippen molar-refractivity contribution in [3.05, 3.63) is 62.3 Å². The Labute approximate surface area is 245 Å². The van der Waals surface area contributed by atoms with E-state index in [1.807, 2.05) is 0 Å². The van der Waals surface area contributed by atoms with E-state index in [1.165, 1.54) is 49.1 Å². The fourth-order valence-corrected chi connectivity index (χ4v) is 7.57. The Morgan fingerprint density at radius 3 is 2.52 bits per heavy atom. The van der Waals surface area contributed by atoms with Crippen LogP contribution in [0.15, 0.2) is 29.0 Å². The maximum absolute atomic E-state index is 14.1. The molecule has 0 saturated heterocycles. The van der Waals surface area contributed by atoms with Gasteiger partial charge in [-0.3, -0.25) is 4.98 Å². The SMILES string of the molecule is CCC1CCCC(C)C1c1nc2c(F)cc(C(=O)O)cc2s1.OCc1c(-c2c(Cl)cncc2Cl)noc1C1CC1. The molecule has 3 aromatic heterocycles. The van der Waals surface area contributed by atoms with Crippen molar-refractivity contribution in [1.29, 1.82) is 0 Å². The molecule has 4 aromatic rings. The molecular weight excluding hydrogens is 576 g/mol. The quantitative estimate of drug-likeness (QED) is 0.227. The minimum absolute atomic E-state index is 0.0102. The molecular formula is C29H30Cl2FN3O4S. The van der Waals surface area contributed by atoms with Gasteiger partial charge in [-0.25, -0.2) is 14.2 Å². The number of fused-ring (bicyclic) bond motifs is 1. The van der Waals surface area contributed by atoms with E-state index in [1.54, 1.807) is 0 Å². The first-order valence-electron chi connectivity index (χ1n) is 13.4. The van der Waals surface area contributed by atoms with E-state index >= 15 is 0 Å². The van der Waals surface area contributed by atoms with Gasteiger partial charge >= 0.3 is 5.97 Å². The zero-order valence-corrected chi connectivity index (χ0v) is 24.5. The summed E-state index contributed by atoms with van der Waals surface area (Å²) < 4.78 is 20.1. The number of hydrogen-bond donors (Lipinski definition) is 2. The molecule has 0 amide bonds. The van der Waals surface area contributed by atoms with Crippen LogP contribution in [0.1, 0.15) is 90.9 Å². The van der Waals surface area contributed by atoms with Crippen LogP contribution in [0.25, 0.3) is 21.5 Å². The molecule has 0 radical (unpaired) electrons. The smallest absolute Gasteiger partial charge is 0.335 e. The molecule has 2 saturated carbocycles. The molecule has 11 heteroatoms. The lowest BCUT2D eigenvalue weighted by Gasteiger charge is -2.34. The van der Waals surface area contributed by atoms with Gasteiger partial charge in [0.1, 0.15) is 17.0 Å². The van der Waals surface area contributed by atoms with Crippen molar-refractivity contribution in [2.75, 3.05) is 0 Å². The van der Waals surface area contributed by atoms with Gasteiger partial charge < -0.3 is 14.7 Å². The molecule has 3 unspecified atom stereocenters. The van der Waals surface area contributed by atoms with Crippen LogP contribution in [-0.2, 0) is 6.61 Å². The predicted octanol–water partition coefficient (Wildman–Crippen LogP) is 8.48. The van der Waals surface area contributed by atoms with E-state index in [4.69, 9.17) is 32.8 Å². The van der Waals surface area contributed by atoms with Crippen LogP contribution in [0, 0.1) is 17.7 Å². The van der Waals surface area contributed by atoms with Crippen molar-refractivity contribution < 1.29 is 23.9 Å². The molecule has 1 aromatic carbocycles. The molecule has 0 bridgehead atoms. The number of rotatable bonds is 6. The minimum atomic E-state index is -1.10. The average Bonchev–Trinajstić information content (AvgIpc) is 3.54. The van der Waals surface area contributed by atoms with Crippen LogP contribution in [0.4, 0.5) is 4.39 Å².